The van der Waals surface area contributed by atoms with Crippen LogP contribution in [0.5, 0.6) is 5.75 Å². The van der Waals surface area contributed by atoms with E-state index in [2.05, 4.69) is 12.2 Å². The van der Waals surface area contributed by atoms with Gasteiger partial charge >= 0.3 is 0 Å². The molecule has 1 aliphatic carbocycles. The maximum Gasteiger partial charge on any atom is 0.261 e. The van der Waals surface area contributed by atoms with Crippen molar-refractivity contribution in [2.24, 2.45) is 5.92 Å². The average Bonchev–Trinajstić information content (AvgIpc) is 3.07. The first-order valence-electron chi connectivity index (χ1n) is 8.16. The first-order valence-corrected chi connectivity index (χ1v) is 8.16. The summed E-state index contributed by atoms with van der Waals surface area (Å²) in [5.41, 5.74) is 0.594. The number of carbonyl (C=O) groups excluding carboxylic acids is 2. The zero-order chi connectivity index (χ0) is 15.9. The van der Waals surface area contributed by atoms with Crippen LogP contribution in [0.3, 0.4) is 0 Å². The highest BCUT2D eigenvalue weighted by Gasteiger charge is 2.26. The molecule has 120 valence electrons. The summed E-state index contributed by atoms with van der Waals surface area (Å²) in [7, 11) is 0. The van der Waals surface area contributed by atoms with Gasteiger partial charge in [-0.1, -0.05) is 19.8 Å². The molecular weight excluding hydrogens is 278 g/mol. The van der Waals surface area contributed by atoms with Crippen molar-refractivity contribution in [1.29, 1.82) is 0 Å². The predicted octanol–water partition coefficient (Wildman–Crippen LogP) is 3.35. The third-order valence-corrected chi connectivity index (χ3v) is 4.43. The fourth-order valence-electron chi connectivity index (χ4n) is 3.10. The van der Waals surface area contributed by atoms with E-state index in [0.717, 1.165) is 12.7 Å². The van der Waals surface area contributed by atoms with Crippen LogP contribution in [0.1, 0.15) is 56.3 Å². The quantitative estimate of drug-likeness (QED) is 0.786. The lowest BCUT2D eigenvalue weighted by atomic mass is 9.96. The van der Waals surface area contributed by atoms with Gasteiger partial charge in [-0.15, -0.1) is 0 Å². The van der Waals surface area contributed by atoms with E-state index in [1.165, 1.54) is 25.7 Å². The maximum atomic E-state index is 12.3. The number of rotatable bonds is 7. The summed E-state index contributed by atoms with van der Waals surface area (Å²) >= 11 is 0. The van der Waals surface area contributed by atoms with Crippen molar-refractivity contribution >= 4 is 12.2 Å². The number of ether oxygens (including phenoxy) is 1. The molecular formula is C18H25NO3. The van der Waals surface area contributed by atoms with Crippen LogP contribution in [0.15, 0.2) is 24.3 Å². The van der Waals surface area contributed by atoms with Crippen LogP contribution in [0.2, 0.25) is 0 Å². The third kappa shape index (κ3) is 4.33. The molecule has 0 spiro atoms. The zero-order valence-corrected chi connectivity index (χ0v) is 13.4. The van der Waals surface area contributed by atoms with Crippen LogP contribution in [0.25, 0.3) is 0 Å². The molecule has 0 radical (unpaired) electrons. The van der Waals surface area contributed by atoms with Gasteiger partial charge in [0.15, 0.2) is 6.10 Å². The average molecular weight is 303 g/mol. The Hall–Kier alpha value is -1.84. The molecule has 1 saturated carbocycles. The molecule has 0 bridgehead atoms. The smallest absolute Gasteiger partial charge is 0.261 e. The van der Waals surface area contributed by atoms with E-state index in [0.29, 0.717) is 17.2 Å². The van der Waals surface area contributed by atoms with Crippen molar-refractivity contribution in [2.45, 2.75) is 58.1 Å². The van der Waals surface area contributed by atoms with Gasteiger partial charge in [-0.05, 0) is 56.4 Å². The lowest BCUT2D eigenvalue weighted by molar-refractivity contribution is -0.128. The Morgan fingerprint density at radius 3 is 2.50 bits per heavy atom. The van der Waals surface area contributed by atoms with Gasteiger partial charge in [0.1, 0.15) is 12.0 Å². The Bertz CT molecular complexity index is 492. The summed E-state index contributed by atoms with van der Waals surface area (Å²) in [5.74, 6) is 1.13. The number of hydrogen-bond donors (Lipinski definition) is 1. The van der Waals surface area contributed by atoms with Crippen LogP contribution >= 0.6 is 0 Å². The minimum Gasteiger partial charge on any atom is -0.481 e. The molecule has 4 heteroatoms. The van der Waals surface area contributed by atoms with Crippen LogP contribution in [-0.4, -0.2) is 24.3 Å². The molecule has 0 aliphatic heterocycles. The van der Waals surface area contributed by atoms with Crippen LogP contribution < -0.4 is 10.1 Å². The van der Waals surface area contributed by atoms with Crippen molar-refractivity contribution in [3.8, 4) is 5.75 Å². The topological polar surface area (TPSA) is 55.4 Å². The van der Waals surface area contributed by atoms with E-state index in [-0.39, 0.29) is 11.9 Å². The van der Waals surface area contributed by atoms with Crippen LogP contribution in [0, 0.1) is 5.92 Å². The van der Waals surface area contributed by atoms with Gasteiger partial charge in [0, 0.05) is 11.6 Å². The van der Waals surface area contributed by atoms with Gasteiger partial charge in [0.05, 0.1) is 0 Å². The van der Waals surface area contributed by atoms with E-state index in [1.54, 1.807) is 31.2 Å². The monoisotopic (exact) mass is 303 g/mol. The molecule has 22 heavy (non-hydrogen) atoms. The molecule has 1 amide bonds. The SMILES string of the molecule is CCC(NC(=O)C(C)Oc1ccc(C=O)cc1)C1CCCC1. The van der Waals surface area contributed by atoms with Crippen molar-refractivity contribution in [1.82, 2.24) is 5.32 Å². The van der Waals surface area contributed by atoms with E-state index in [4.69, 9.17) is 4.74 Å². The van der Waals surface area contributed by atoms with E-state index < -0.39 is 6.10 Å². The van der Waals surface area contributed by atoms with E-state index in [1.807, 2.05) is 0 Å². The number of amides is 1. The highest BCUT2D eigenvalue weighted by molar-refractivity contribution is 5.81. The van der Waals surface area contributed by atoms with Crippen molar-refractivity contribution < 1.29 is 14.3 Å². The largest absolute Gasteiger partial charge is 0.481 e. The van der Waals surface area contributed by atoms with Crippen molar-refractivity contribution in [3.63, 3.8) is 0 Å². The summed E-state index contributed by atoms with van der Waals surface area (Å²) < 4.78 is 5.66. The molecule has 1 aromatic carbocycles. The minimum atomic E-state index is -0.544. The van der Waals surface area contributed by atoms with Gasteiger partial charge in [-0.3, -0.25) is 9.59 Å². The van der Waals surface area contributed by atoms with Gasteiger partial charge in [-0.25, -0.2) is 0 Å². The van der Waals surface area contributed by atoms with Gasteiger partial charge in [0.25, 0.3) is 5.91 Å². The summed E-state index contributed by atoms with van der Waals surface area (Å²) in [4.78, 5) is 22.9. The zero-order valence-electron chi connectivity index (χ0n) is 13.4. The maximum absolute atomic E-state index is 12.3. The third-order valence-electron chi connectivity index (χ3n) is 4.43. The van der Waals surface area contributed by atoms with Crippen molar-refractivity contribution in [2.75, 3.05) is 0 Å². The molecule has 1 aliphatic rings. The summed E-state index contributed by atoms with van der Waals surface area (Å²) in [6, 6.07) is 7.03. The molecule has 1 aromatic rings. The van der Waals surface area contributed by atoms with Gasteiger partial charge in [0.2, 0.25) is 0 Å². The molecule has 2 atom stereocenters. The van der Waals surface area contributed by atoms with E-state index in [9.17, 15) is 9.59 Å². The highest BCUT2D eigenvalue weighted by Crippen LogP contribution is 2.29. The molecule has 0 saturated heterocycles. The fourth-order valence-corrected chi connectivity index (χ4v) is 3.10. The summed E-state index contributed by atoms with van der Waals surface area (Å²) in [6.45, 7) is 3.87. The predicted molar refractivity (Wildman–Crippen MR) is 86.1 cm³/mol. The number of aldehydes is 1. The Morgan fingerprint density at radius 2 is 1.95 bits per heavy atom. The number of carbonyl (C=O) groups is 2. The first kappa shape index (κ1) is 16.5. The summed E-state index contributed by atoms with van der Waals surface area (Å²) in [6.07, 6.45) is 6.16. The number of nitrogens with one attached hydrogen (secondary N) is 1. The Labute approximate surface area is 132 Å². The normalized spacial score (nSPS) is 17.7. The fraction of sp³-hybridized carbons (Fsp3) is 0.556. The Morgan fingerprint density at radius 1 is 1.32 bits per heavy atom. The Balaban J connectivity index is 1.88. The van der Waals surface area contributed by atoms with Crippen molar-refractivity contribution in [3.05, 3.63) is 29.8 Å². The molecule has 4 nitrogen and oxygen atoms in total. The highest BCUT2D eigenvalue weighted by atomic mass is 16.5. The first-order chi connectivity index (χ1) is 10.6. The molecule has 1 N–H and O–H groups in total. The summed E-state index contributed by atoms with van der Waals surface area (Å²) in [5, 5.41) is 3.13. The molecule has 0 aromatic heterocycles. The molecule has 1 fully saturated rings. The van der Waals surface area contributed by atoms with Crippen LogP contribution in [-0.2, 0) is 4.79 Å². The number of benzene rings is 1. The lowest BCUT2D eigenvalue weighted by Crippen LogP contribution is -2.45. The minimum absolute atomic E-state index is 0.0711. The van der Waals surface area contributed by atoms with Crippen LogP contribution in [0.4, 0.5) is 0 Å². The van der Waals surface area contributed by atoms with Gasteiger partial charge < -0.3 is 10.1 Å². The molecule has 0 heterocycles. The molecule has 2 rings (SSSR count). The number of hydrogen-bond acceptors (Lipinski definition) is 3. The lowest BCUT2D eigenvalue weighted by Gasteiger charge is -2.25. The second-order valence-corrected chi connectivity index (χ2v) is 6.01. The second kappa shape index (κ2) is 7.97. The van der Waals surface area contributed by atoms with E-state index >= 15 is 0 Å². The standard InChI is InChI=1S/C18H25NO3/c1-3-17(15-6-4-5-7-15)19-18(21)13(2)22-16-10-8-14(12-20)9-11-16/h8-13,15,17H,3-7H2,1-2H3,(H,19,21). The van der Waals surface area contributed by atoms with Gasteiger partial charge in [-0.2, -0.15) is 0 Å². The second-order valence-electron chi connectivity index (χ2n) is 6.01. The Kier molecular flexibility index (Phi) is 5.99. The molecule has 2 unspecified atom stereocenters.